The zero-order valence-corrected chi connectivity index (χ0v) is 20.3. The summed E-state index contributed by atoms with van der Waals surface area (Å²) in [6, 6.07) is 8.36. The van der Waals surface area contributed by atoms with Crippen LogP contribution < -0.4 is 0 Å². The largest absolute Gasteiger partial charge is 0.492 e. The second-order valence-corrected chi connectivity index (χ2v) is 10.6. The number of thiophene rings is 1. The maximum absolute atomic E-state index is 13.7. The Bertz CT molecular complexity index is 973. The van der Waals surface area contributed by atoms with E-state index in [1.807, 2.05) is 12.1 Å². The number of hydrogen-bond donors (Lipinski definition) is 0. The van der Waals surface area contributed by atoms with Crippen molar-refractivity contribution in [2.24, 2.45) is 5.41 Å². The molecule has 1 fully saturated rings. The highest BCUT2D eigenvalue weighted by Gasteiger charge is 2.43. The number of allylic oxidation sites excluding steroid dienone is 2. The summed E-state index contributed by atoms with van der Waals surface area (Å²) in [7, 11) is 0. The lowest BCUT2D eigenvalue weighted by atomic mass is 9.67. The third kappa shape index (κ3) is 4.76. The van der Waals surface area contributed by atoms with Crippen molar-refractivity contribution in [3.63, 3.8) is 0 Å². The number of ketones is 1. The van der Waals surface area contributed by atoms with Gasteiger partial charge >= 0.3 is 0 Å². The van der Waals surface area contributed by atoms with Crippen molar-refractivity contribution in [1.29, 1.82) is 0 Å². The van der Waals surface area contributed by atoms with Crippen LogP contribution in [0.1, 0.15) is 66.7 Å². The molecule has 0 atom stereocenters. The van der Waals surface area contributed by atoms with Gasteiger partial charge < -0.3 is 9.47 Å². The van der Waals surface area contributed by atoms with Crippen LogP contribution in [0.5, 0.6) is 0 Å². The summed E-state index contributed by atoms with van der Waals surface area (Å²) >= 11 is 7.65. The van der Waals surface area contributed by atoms with E-state index in [9.17, 15) is 4.79 Å². The molecule has 0 amide bonds. The Balaban J connectivity index is 1.81. The van der Waals surface area contributed by atoms with Crippen LogP contribution in [0.2, 0.25) is 4.34 Å². The van der Waals surface area contributed by atoms with E-state index >= 15 is 0 Å². The van der Waals surface area contributed by atoms with Crippen LogP contribution in [-0.2, 0) is 33.7 Å². The number of rotatable bonds is 6. The predicted octanol–water partition coefficient (Wildman–Crippen LogP) is 6.92. The minimum Gasteiger partial charge on any atom is -0.492 e. The molecule has 3 nitrogen and oxygen atoms in total. The fourth-order valence-electron chi connectivity index (χ4n) is 5.04. The van der Waals surface area contributed by atoms with Gasteiger partial charge in [0.2, 0.25) is 0 Å². The molecule has 1 aromatic carbocycles. The van der Waals surface area contributed by atoms with E-state index in [-0.39, 0.29) is 11.2 Å². The Kier molecular flexibility index (Phi) is 6.90. The molecular weight excluding hydrogens is 428 g/mol. The number of benzene rings is 1. The number of Topliss-reactive ketones (excluding diaryl/α,β-unsaturated/α-hetero) is 1. The summed E-state index contributed by atoms with van der Waals surface area (Å²) in [6.07, 6.45) is 5.01. The first-order chi connectivity index (χ1) is 14.9. The molecule has 5 heteroatoms. The predicted molar refractivity (Wildman–Crippen MR) is 128 cm³/mol. The highest BCUT2D eigenvalue weighted by atomic mass is 35.5. The summed E-state index contributed by atoms with van der Waals surface area (Å²) in [5.74, 6) is 1.08. The van der Waals surface area contributed by atoms with Crippen molar-refractivity contribution in [2.45, 2.75) is 65.9 Å². The van der Waals surface area contributed by atoms with Gasteiger partial charge in [-0.2, -0.15) is 0 Å². The normalized spacial score (nSPS) is 18.6. The first kappa shape index (κ1) is 22.6. The van der Waals surface area contributed by atoms with E-state index in [0.29, 0.717) is 13.0 Å². The highest BCUT2D eigenvalue weighted by Crippen LogP contribution is 2.48. The third-order valence-electron chi connectivity index (χ3n) is 6.66. The molecule has 1 aliphatic heterocycles. The molecule has 0 radical (unpaired) electrons. The summed E-state index contributed by atoms with van der Waals surface area (Å²) in [5, 5.41) is 0. The number of carbonyl (C=O) groups is 1. The van der Waals surface area contributed by atoms with Gasteiger partial charge in [-0.1, -0.05) is 43.1 Å². The Morgan fingerprint density at radius 2 is 1.77 bits per heavy atom. The summed E-state index contributed by atoms with van der Waals surface area (Å²) in [4.78, 5) is 14.8. The fourth-order valence-corrected chi connectivity index (χ4v) is 6.04. The van der Waals surface area contributed by atoms with Crippen LogP contribution in [0.3, 0.4) is 0 Å². The zero-order valence-electron chi connectivity index (χ0n) is 18.7. The Morgan fingerprint density at radius 1 is 1.10 bits per heavy atom. The van der Waals surface area contributed by atoms with Gasteiger partial charge in [0.25, 0.3) is 0 Å². The molecule has 2 aliphatic rings. The van der Waals surface area contributed by atoms with E-state index in [0.717, 1.165) is 71.4 Å². The molecule has 1 aliphatic carbocycles. The van der Waals surface area contributed by atoms with E-state index < -0.39 is 0 Å². The summed E-state index contributed by atoms with van der Waals surface area (Å²) in [5.41, 5.74) is 5.62. The minimum absolute atomic E-state index is 0.0370. The van der Waals surface area contributed by atoms with Gasteiger partial charge in [-0.15, -0.1) is 11.3 Å². The highest BCUT2D eigenvalue weighted by molar-refractivity contribution is 7.16. The molecular formula is C26H31ClO3S. The zero-order chi connectivity index (χ0) is 22.0. The molecule has 1 spiro atoms. The van der Waals surface area contributed by atoms with Crippen LogP contribution in [0, 0.1) is 12.3 Å². The van der Waals surface area contributed by atoms with Gasteiger partial charge in [0.05, 0.1) is 9.91 Å². The number of aryl methyl sites for hydroxylation is 3. The van der Waals surface area contributed by atoms with Crippen LogP contribution >= 0.6 is 22.9 Å². The van der Waals surface area contributed by atoms with Crippen LogP contribution in [0.25, 0.3) is 5.57 Å². The molecule has 1 saturated heterocycles. The topological polar surface area (TPSA) is 35.5 Å². The van der Waals surface area contributed by atoms with Crippen molar-refractivity contribution in [3.05, 3.63) is 61.5 Å². The number of hydrogen-bond acceptors (Lipinski definition) is 4. The Labute approximate surface area is 194 Å². The lowest BCUT2D eigenvalue weighted by Gasteiger charge is -2.41. The number of carbonyl (C=O) groups excluding carboxylic acids is 1. The van der Waals surface area contributed by atoms with Crippen molar-refractivity contribution in [3.8, 4) is 0 Å². The van der Waals surface area contributed by atoms with Crippen LogP contribution in [0.4, 0.5) is 0 Å². The fraction of sp³-hybridized carbons (Fsp3) is 0.500. The van der Waals surface area contributed by atoms with Gasteiger partial charge in [-0.3, -0.25) is 4.79 Å². The van der Waals surface area contributed by atoms with Gasteiger partial charge in [-0.25, -0.2) is 0 Å². The molecule has 166 valence electrons. The van der Waals surface area contributed by atoms with Crippen molar-refractivity contribution in [1.82, 2.24) is 0 Å². The third-order valence-corrected chi connectivity index (χ3v) is 7.86. The monoisotopic (exact) mass is 458 g/mol. The molecule has 4 rings (SSSR count). The average Bonchev–Trinajstić information content (AvgIpc) is 3.17. The van der Waals surface area contributed by atoms with E-state index in [2.05, 4.69) is 32.9 Å². The Hall–Kier alpha value is -1.62. The summed E-state index contributed by atoms with van der Waals surface area (Å²) in [6.45, 7) is 8.36. The van der Waals surface area contributed by atoms with Crippen molar-refractivity contribution < 1.29 is 14.3 Å². The van der Waals surface area contributed by atoms with E-state index in [4.69, 9.17) is 21.1 Å². The molecule has 1 aromatic heterocycles. The average molecular weight is 459 g/mol. The maximum Gasteiger partial charge on any atom is 0.167 e. The first-order valence-corrected chi connectivity index (χ1v) is 12.5. The maximum atomic E-state index is 13.7. The van der Waals surface area contributed by atoms with Crippen molar-refractivity contribution in [2.75, 3.05) is 13.2 Å². The van der Waals surface area contributed by atoms with Crippen LogP contribution in [0.15, 0.2) is 30.0 Å². The molecule has 0 N–H and O–H groups in total. The quantitative estimate of drug-likeness (QED) is 0.471. The minimum atomic E-state index is -0.0370. The van der Waals surface area contributed by atoms with Crippen molar-refractivity contribution >= 4 is 34.3 Å². The second kappa shape index (κ2) is 9.48. The van der Waals surface area contributed by atoms with Gasteiger partial charge in [-0.05, 0) is 66.8 Å². The van der Waals surface area contributed by atoms with E-state index in [1.165, 1.54) is 28.0 Å². The number of halogens is 1. The number of ether oxygens (including phenoxy) is 2. The van der Waals surface area contributed by atoms with Gasteiger partial charge in [0, 0.05) is 30.9 Å². The molecule has 2 heterocycles. The molecule has 31 heavy (non-hydrogen) atoms. The van der Waals surface area contributed by atoms with Gasteiger partial charge in [0.1, 0.15) is 12.4 Å². The molecule has 0 bridgehead atoms. The first-order valence-electron chi connectivity index (χ1n) is 11.3. The molecule has 0 unspecified atom stereocenters. The lowest BCUT2D eigenvalue weighted by molar-refractivity contribution is -0.119. The molecule has 0 saturated carbocycles. The summed E-state index contributed by atoms with van der Waals surface area (Å²) < 4.78 is 12.8. The second-order valence-electron chi connectivity index (χ2n) is 8.85. The SMILES string of the molecule is CCc1cc(C)cc(CC)c1C1=C(OCc2ccc(Cl)s2)CC2(CCOCC2)CC1=O. The van der Waals surface area contributed by atoms with Gasteiger partial charge in [0.15, 0.2) is 5.78 Å². The standard InChI is InChI=1S/C26H31ClO3S/c1-4-18-12-17(3)13-19(5-2)24(18)25-21(28)14-26(8-10-29-11-9-26)15-22(25)30-16-20-6-7-23(27)31-20/h6-7,12-13H,4-5,8-11,14-16H2,1-3H3. The smallest absolute Gasteiger partial charge is 0.167 e. The molecule has 2 aromatic rings. The lowest BCUT2D eigenvalue weighted by Crippen LogP contribution is -2.36. The van der Waals surface area contributed by atoms with E-state index in [1.54, 1.807) is 0 Å². The van der Waals surface area contributed by atoms with Crippen LogP contribution in [-0.4, -0.2) is 19.0 Å². The Morgan fingerprint density at radius 3 is 2.35 bits per heavy atom.